The Morgan fingerprint density at radius 2 is 0.741 bits per heavy atom. The molecule has 0 aliphatic rings. The molecule has 0 saturated heterocycles. The molecule has 5 nitrogen and oxygen atoms in total. The number of aliphatic hydroxyl groups excluding tert-OH is 1. The lowest BCUT2D eigenvalue weighted by Gasteiger charge is -2.15. The van der Waals surface area contributed by atoms with Crippen LogP contribution in [0.5, 0.6) is 0 Å². The predicted molar refractivity (Wildman–Crippen MR) is 251 cm³/mol. The average Bonchev–Trinajstić information content (AvgIpc) is 3.23. The predicted octanol–water partition coefficient (Wildman–Crippen LogP) is 16.3. The maximum Gasteiger partial charge on any atom is 0.306 e. The molecule has 0 aliphatic carbocycles. The number of carbonyl (C=O) groups is 2. The van der Waals surface area contributed by atoms with Crippen LogP contribution in [0.2, 0.25) is 0 Å². The van der Waals surface area contributed by atoms with Crippen molar-refractivity contribution in [3.05, 3.63) is 60.8 Å². The zero-order valence-electron chi connectivity index (χ0n) is 38.3. The largest absolute Gasteiger partial charge is 0.462 e. The van der Waals surface area contributed by atoms with Gasteiger partial charge in [-0.1, -0.05) is 242 Å². The smallest absolute Gasteiger partial charge is 0.306 e. The summed E-state index contributed by atoms with van der Waals surface area (Å²) < 4.78 is 10.6. The fourth-order valence-electron chi connectivity index (χ4n) is 7.12. The molecule has 0 radical (unpaired) electrons. The van der Waals surface area contributed by atoms with Crippen molar-refractivity contribution in [2.75, 3.05) is 13.2 Å². The van der Waals surface area contributed by atoms with Gasteiger partial charge in [0.2, 0.25) is 0 Å². The molecule has 1 N–H and O–H groups in total. The molecule has 0 aromatic carbocycles. The van der Waals surface area contributed by atoms with Gasteiger partial charge >= 0.3 is 11.9 Å². The molecule has 0 heterocycles. The highest BCUT2D eigenvalue weighted by Gasteiger charge is 2.16. The van der Waals surface area contributed by atoms with E-state index in [4.69, 9.17) is 9.47 Å². The summed E-state index contributed by atoms with van der Waals surface area (Å²) in [5.74, 6) is -0.652. The van der Waals surface area contributed by atoms with Crippen LogP contribution < -0.4 is 0 Å². The van der Waals surface area contributed by atoms with Crippen LogP contribution in [0, 0.1) is 0 Å². The Morgan fingerprint density at radius 1 is 0.414 bits per heavy atom. The van der Waals surface area contributed by atoms with E-state index in [1.807, 2.05) is 0 Å². The SMILES string of the molecule is CC/C=C\C/C=C\C/C=C\C/C=C\C/C=C\CCCC(=O)OC(CO)COC(=O)CCCCCCCCCCCCCCCCCCCCCCCCCCCCC. The van der Waals surface area contributed by atoms with Gasteiger partial charge in [-0.2, -0.15) is 0 Å². The summed E-state index contributed by atoms with van der Waals surface area (Å²) in [5, 5.41) is 9.59. The van der Waals surface area contributed by atoms with Crippen molar-refractivity contribution in [2.24, 2.45) is 0 Å². The Balaban J connectivity index is 3.51. The molecule has 0 saturated carbocycles. The third-order valence-corrected chi connectivity index (χ3v) is 10.8. The van der Waals surface area contributed by atoms with Crippen LogP contribution in [-0.2, 0) is 19.1 Å². The van der Waals surface area contributed by atoms with Gasteiger partial charge in [0, 0.05) is 12.8 Å². The third kappa shape index (κ3) is 46.3. The molecule has 1 atom stereocenters. The summed E-state index contributed by atoms with van der Waals surface area (Å²) in [6.07, 6.45) is 64.7. The minimum Gasteiger partial charge on any atom is -0.462 e. The molecular weight excluding hydrogens is 717 g/mol. The topological polar surface area (TPSA) is 72.8 Å². The van der Waals surface area contributed by atoms with Gasteiger partial charge in [-0.25, -0.2) is 0 Å². The van der Waals surface area contributed by atoms with E-state index < -0.39 is 6.10 Å². The fourth-order valence-corrected chi connectivity index (χ4v) is 7.12. The summed E-state index contributed by atoms with van der Waals surface area (Å²) in [7, 11) is 0. The van der Waals surface area contributed by atoms with Gasteiger partial charge in [-0.15, -0.1) is 0 Å². The summed E-state index contributed by atoms with van der Waals surface area (Å²) >= 11 is 0. The summed E-state index contributed by atoms with van der Waals surface area (Å²) in [4.78, 5) is 24.4. The Kier molecular flexibility index (Phi) is 46.9. The number of carbonyl (C=O) groups excluding carboxylic acids is 2. The van der Waals surface area contributed by atoms with E-state index in [2.05, 4.69) is 74.6 Å². The molecule has 0 aromatic rings. The molecule has 0 amide bonds. The monoisotopic (exact) mass is 811 g/mol. The quantitative estimate of drug-likeness (QED) is 0.0377. The van der Waals surface area contributed by atoms with E-state index in [1.165, 1.54) is 154 Å². The molecule has 0 aliphatic heterocycles. The lowest BCUT2D eigenvalue weighted by molar-refractivity contribution is -0.161. The molecule has 0 bridgehead atoms. The minimum absolute atomic E-state index is 0.0879. The normalized spacial score (nSPS) is 12.7. The second kappa shape index (κ2) is 49.0. The van der Waals surface area contributed by atoms with E-state index in [0.29, 0.717) is 12.8 Å². The van der Waals surface area contributed by atoms with Crippen molar-refractivity contribution in [3.63, 3.8) is 0 Å². The highest BCUT2D eigenvalue weighted by molar-refractivity contribution is 5.70. The van der Waals surface area contributed by atoms with Crippen LogP contribution in [0.15, 0.2) is 60.8 Å². The Labute approximate surface area is 360 Å². The van der Waals surface area contributed by atoms with Crippen LogP contribution in [0.25, 0.3) is 0 Å². The number of aliphatic hydroxyl groups is 1. The minimum atomic E-state index is -0.802. The molecular formula is C53H94O5. The molecule has 58 heavy (non-hydrogen) atoms. The van der Waals surface area contributed by atoms with Crippen LogP contribution in [-0.4, -0.2) is 36.4 Å². The maximum atomic E-state index is 12.2. The van der Waals surface area contributed by atoms with Crippen molar-refractivity contribution in [1.82, 2.24) is 0 Å². The first kappa shape index (κ1) is 55.6. The molecule has 0 rings (SSSR count). The van der Waals surface area contributed by atoms with Crippen molar-refractivity contribution < 1.29 is 24.2 Å². The number of unbranched alkanes of at least 4 members (excludes halogenated alkanes) is 27. The summed E-state index contributed by atoms with van der Waals surface area (Å²) in [5.41, 5.74) is 0. The molecule has 5 heteroatoms. The van der Waals surface area contributed by atoms with Gasteiger partial charge in [0.15, 0.2) is 6.10 Å². The molecule has 1 unspecified atom stereocenters. The van der Waals surface area contributed by atoms with Crippen molar-refractivity contribution in [1.29, 1.82) is 0 Å². The lowest BCUT2D eigenvalue weighted by atomic mass is 10.0. The Morgan fingerprint density at radius 3 is 1.10 bits per heavy atom. The van der Waals surface area contributed by atoms with Gasteiger partial charge in [-0.3, -0.25) is 9.59 Å². The zero-order valence-corrected chi connectivity index (χ0v) is 38.3. The number of allylic oxidation sites excluding steroid dienone is 10. The van der Waals surface area contributed by atoms with Crippen LogP contribution in [0.4, 0.5) is 0 Å². The Hall–Kier alpha value is -2.40. The number of esters is 2. The molecule has 0 spiro atoms. The number of hydrogen-bond donors (Lipinski definition) is 1. The van der Waals surface area contributed by atoms with Gasteiger partial charge in [0.1, 0.15) is 6.61 Å². The van der Waals surface area contributed by atoms with Gasteiger partial charge < -0.3 is 14.6 Å². The second-order valence-corrected chi connectivity index (χ2v) is 16.5. The highest BCUT2D eigenvalue weighted by atomic mass is 16.6. The lowest BCUT2D eigenvalue weighted by Crippen LogP contribution is -2.28. The first-order chi connectivity index (χ1) is 28.6. The first-order valence-electron chi connectivity index (χ1n) is 24.8. The third-order valence-electron chi connectivity index (χ3n) is 10.8. The van der Waals surface area contributed by atoms with E-state index in [0.717, 1.165) is 57.8 Å². The van der Waals surface area contributed by atoms with Crippen molar-refractivity contribution >= 4 is 11.9 Å². The second-order valence-electron chi connectivity index (χ2n) is 16.5. The molecule has 0 fully saturated rings. The highest BCUT2D eigenvalue weighted by Crippen LogP contribution is 2.16. The van der Waals surface area contributed by atoms with Crippen LogP contribution in [0.1, 0.15) is 245 Å². The Bertz CT molecular complexity index is 1010. The maximum absolute atomic E-state index is 12.2. The number of hydrogen-bond acceptors (Lipinski definition) is 5. The van der Waals surface area contributed by atoms with Crippen molar-refractivity contribution in [2.45, 2.75) is 251 Å². The van der Waals surface area contributed by atoms with E-state index in [9.17, 15) is 14.7 Å². The number of ether oxygens (including phenoxy) is 2. The fraction of sp³-hybridized carbons (Fsp3) is 0.774. The van der Waals surface area contributed by atoms with E-state index >= 15 is 0 Å². The first-order valence-corrected chi connectivity index (χ1v) is 24.8. The van der Waals surface area contributed by atoms with Crippen molar-refractivity contribution in [3.8, 4) is 0 Å². The van der Waals surface area contributed by atoms with Gasteiger partial charge in [0.25, 0.3) is 0 Å². The number of rotatable bonds is 45. The van der Waals surface area contributed by atoms with Gasteiger partial charge in [0.05, 0.1) is 6.61 Å². The zero-order chi connectivity index (χ0) is 42.1. The average molecular weight is 811 g/mol. The summed E-state index contributed by atoms with van der Waals surface area (Å²) in [6, 6.07) is 0. The standard InChI is InChI=1S/C53H94O5/c1-3-5-7-9-11-13-15-17-19-21-22-23-24-25-26-27-28-29-30-32-33-35-37-39-41-43-45-47-52(55)57-50-51(49-54)58-53(56)48-46-44-42-40-38-36-34-31-20-18-16-14-12-10-8-6-4-2/h6,8,12,14,18,20,34,36,40,42,51,54H,3-5,7,9-11,13,15-17,19,21-33,35,37-39,41,43-50H2,1-2H3/b8-6-,14-12-,20-18-,36-34-,42-40-. The van der Waals surface area contributed by atoms with Crippen LogP contribution >= 0.6 is 0 Å². The molecule has 0 aromatic heterocycles. The van der Waals surface area contributed by atoms with E-state index in [-0.39, 0.29) is 31.6 Å². The van der Waals surface area contributed by atoms with E-state index in [1.54, 1.807) is 0 Å². The summed E-state index contributed by atoms with van der Waals surface area (Å²) in [6.45, 7) is 4.00. The van der Waals surface area contributed by atoms with Crippen LogP contribution in [0.3, 0.4) is 0 Å². The van der Waals surface area contributed by atoms with Gasteiger partial charge in [-0.05, 0) is 51.4 Å². The molecule has 336 valence electrons.